The van der Waals surface area contributed by atoms with Crippen molar-refractivity contribution in [3.63, 3.8) is 0 Å². The molecule has 2 heterocycles. The summed E-state index contributed by atoms with van der Waals surface area (Å²) in [6.07, 6.45) is 0.785. The Balaban J connectivity index is 1.51. The molecule has 1 aliphatic heterocycles. The Morgan fingerprint density at radius 1 is 1.12 bits per heavy atom. The van der Waals surface area contributed by atoms with Crippen LogP contribution >= 0.6 is 11.3 Å². The molecule has 0 bridgehead atoms. The normalized spacial score (nSPS) is 15.3. The molecular formula is C25H35N3O4S. The second-order valence-electron chi connectivity index (χ2n) is 10.5. The van der Waals surface area contributed by atoms with Crippen molar-refractivity contribution in [2.24, 2.45) is 5.92 Å². The number of hydrogen-bond acceptors (Lipinski definition) is 6. The van der Waals surface area contributed by atoms with Crippen LogP contribution in [0.2, 0.25) is 0 Å². The van der Waals surface area contributed by atoms with Crippen molar-refractivity contribution in [1.29, 1.82) is 0 Å². The van der Waals surface area contributed by atoms with Crippen molar-refractivity contribution in [2.75, 3.05) is 25.0 Å². The minimum Gasteiger partial charge on any atom is -0.449 e. The number of likely N-dealkylation sites (tertiary alicyclic amines) is 1. The zero-order chi connectivity index (χ0) is 24.2. The number of benzene rings is 1. The first-order valence-electron chi connectivity index (χ1n) is 11.4. The molecule has 0 unspecified atom stereocenters. The van der Waals surface area contributed by atoms with Gasteiger partial charge in [-0.3, -0.25) is 5.32 Å². The fourth-order valence-corrected chi connectivity index (χ4v) is 4.55. The van der Waals surface area contributed by atoms with Crippen molar-refractivity contribution in [2.45, 2.75) is 65.4 Å². The summed E-state index contributed by atoms with van der Waals surface area (Å²) in [5.74, 6) is 0.220. The predicted molar refractivity (Wildman–Crippen MR) is 132 cm³/mol. The fourth-order valence-electron chi connectivity index (χ4n) is 3.47. The van der Waals surface area contributed by atoms with Crippen molar-refractivity contribution in [3.05, 3.63) is 35.3 Å². The summed E-state index contributed by atoms with van der Waals surface area (Å²) in [5.41, 5.74) is 2.04. The maximum Gasteiger partial charge on any atom is 0.411 e. The number of ether oxygens (including phenoxy) is 2. The van der Waals surface area contributed by atoms with Gasteiger partial charge in [0.2, 0.25) is 0 Å². The van der Waals surface area contributed by atoms with E-state index in [4.69, 9.17) is 14.5 Å². The highest BCUT2D eigenvalue weighted by molar-refractivity contribution is 7.13. The molecular weight excluding hydrogens is 438 g/mol. The molecule has 1 saturated heterocycles. The second kappa shape index (κ2) is 10.1. The summed E-state index contributed by atoms with van der Waals surface area (Å²) in [5, 5.41) is 5.80. The molecule has 1 N–H and O–H groups in total. The largest absolute Gasteiger partial charge is 0.449 e. The van der Waals surface area contributed by atoms with E-state index in [1.54, 1.807) is 16.2 Å². The van der Waals surface area contributed by atoms with Crippen LogP contribution in [-0.4, -0.2) is 47.4 Å². The molecule has 3 rings (SSSR count). The Hall–Kier alpha value is -2.61. The van der Waals surface area contributed by atoms with Gasteiger partial charge in [0.15, 0.2) is 0 Å². The molecule has 0 atom stereocenters. The summed E-state index contributed by atoms with van der Waals surface area (Å²) in [6, 6.07) is 7.62. The third-order valence-electron chi connectivity index (χ3n) is 5.38. The number of hydrogen-bond donors (Lipinski definition) is 1. The van der Waals surface area contributed by atoms with Gasteiger partial charge < -0.3 is 14.4 Å². The Morgan fingerprint density at radius 2 is 1.79 bits per heavy atom. The number of thiazole rings is 1. The monoisotopic (exact) mass is 473 g/mol. The van der Waals surface area contributed by atoms with Crippen LogP contribution in [0.4, 0.5) is 15.3 Å². The first-order valence-corrected chi connectivity index (χ1v) is 12.3. The van der Waals surface area contributed by atoms with Crippen molar-refractivity contribution < 1.29 is 19.1 Å². The Kier molecular flexibility index (Phi) is 7.67. The van der Waals surface area contributed by atoms with E-state index in [2.05, 4.69) is 31.5 Å². The smallest absolute Gasteiger partial charge is 0.411 e. The standard InChI is InChI=1S/C25H35N3O4S/c1-24(2,3)20-16-33-21(27-20)18-9-7-8-10-19(18)26-22(29)31-15-17-11-13-28(14-12-17)23(30)32-25(4,5)6/h7-10,16-17H,11-15H2,1-6H3,(H,26,29). The van der Waals surface area contributed by atoms with Gasteiger partial charge in [0.25, 0.3) is 0 Å². The number of aromatic nitrogens is 1. The van der Waals surface area contributed by atoms with Gasteiger partial charge in [-0.15, -0.1) is 11.3 Å². The van der Waals surface area contributed by atoms with E-state index in [1.165, 1.54) is 0 Å². The number of nitrogens with one attached hydrogen (secondary N) is 1. The number of anilines is 1. The van der Waals surface area contributed by atoms with E-state index in [0.29, 0.717) is 25.4 Å². The van der Waals surface area contributed by atoms with Crippen LogP contribution in [-0.2, 0) is 14.9 Å². The molecule has 2 aromatic rings. The van der Waals surface area contributed by atoms with E-state index in [-0.39, 0.29) is 17.4 Å². The summed E-state index contributed by atoms with van der Waals surface area (Å²) in [6.45, 7) is 13.5. The van der Waals surface area contributed by atoms with Crippen molar-refractivity contribution in [1.82, 2.24) is 9.88 Å². The number of amides is 2. The maximum atomic E-state index is 12.5. The molecule has 8 heteroatoms. The van der Waals surface area contributed by atoms with Gasteiger partial charge in [0.1, 0.15) is 10.6 Å². The van der Waals surface area contributed by atoms with Gasteiger partial charge in [-0.1, -0.05) is 32.9 Å². The molecule has 1 aliphatic rings. The topological polar surface area (TPSA) is 80.8 Å². The number of rotatable bonds is 4. The van der Waals surface area contributed by atoms with Gasteiger partial charge in [-0.05, 0) is 51.7 Å². The zero-order valence-corrected chi connectivity index (χ0v) is 21.3. The van der Waals surface area contributed by atoms with Gasteiger partial charge in [-0.25, -0.2) is 14.6 Å². The van der Waals surface area contributed by atoms with Crippen molar-refractivity contribution in [3.8, 4) is 10.6 Å². The van der Waals surface area contributed by atoms with Crippen LogP contribution in [0.5, 0.6) is 0 Å². The number of nitrogens with zero attached hydrogens (tertiary/aromatic N) is 2. The number of carbonyl (C=O) groups excluding carboxylic acids is 2. The lowest BCUT2D eigenvalue weighted by Crippen LogP contribution is -2.42. The first kappa shape index (κ1) is 25.0. The molecule has 2 amide bonds. The summed E-state index contributed by atoms with van der Waals surface area (Å²) in [7, 11) is 0. The first-order chi connectivity index (χ1) is 15.4. The molecule has 0 aliphatic carbocycles. The molecule has 0 spiro atoms. The number of piperidine rings is 1. The molecule has 1 aromatic heterocycles. The highest BCUT2D eigenvalue weighted by Crippen LogP contribution is 2.34. The van der Waals surface area contributed by atoms with Gasteiger partial charge in [0.05, 0.1) is 18.0 Å². The molecule has 7 nitrogen and oxygen atoms in total. The molecule has 0 saturated carbocycles. The molecule has 33 heavy (non-hydrogen) atoms. The van der Waals surface area contributed by atoms with E-state index >= 15 is 0 Å². The van der Waals surface area contributed by atoms with Gasteiger partial charge in [-0.2, -0.15) is 0 Å². The lowest BCUT2D eigenvalue weighted by molar-refractivity contribution is 0.0153. The van der Waals surface area contributed by atoms with Crippen LogP contribution in [0.25, 0.3) is 10.6 Å². The quantitative estimate of drug-likeness (QED) is 0.563. The van der Waals surface area contributed by atoms with E-state index in [9.17, 15) is 9.59 Å². The number of para-hydroxylation sites is 1. The molecule has 1 aromatic carbocycles. The Labute approximate surface area is 200 Å². The number of carbonyl (C=O) groups is 2. The van der Waals surface area contributed by atoms with Crippen LogP contribution < -0.4 is 5.32 Å². The van der Waals surface area contributed by atoms with Crippen molar-refractivity contribution >= 4 is 29.2 Å². The Bertz CT molecular complexity index is 967. The van der Waals surface area contributed by atoms with E-state index < -0.39 is 11.7 Å². The molecule has 0 radical (unpaired) electrons. The third kappa shape index (κ3) is 7.19. The second-order valence-corrected chi connectivity index (χ2v) is 11.3. The molecule has 180 valence electrons. The average molecular weight is 474 g/mol. The maximum absolute atomic E-state index is 12.5. The summed E-state index contributed by atoms with van der Waals surface area (Å²) >= 11 is 1.57. The van der Waals surface area contributed by atoms with Gasteiger partial charge >= 0.3 is 12.2 Å². The van der Waals surface area contributed by atoms with Crippen LogP contribution in [0.15, 0.2) is 29.6 Å². The van der Waals surface area contributed by atoms with E-state index in [1.807, 2.05) is 45.0 Å². The van der Waals surface area contributed by atoms with E-state index in [0.717, 1.165) is 29.1 Å². The minimum atomic E-state index is -0.502. The fraction of sp³-hybridized carbons (Fsp3) is 0.560. The zero-order valence-electron chi connectivity index (χ0n) is 20.4. The Morgan fingerprint density at radius 3 is 2.39 bits per heavy atom. The highest BCUT2D eigenvalue weighted by Gasteiger charge is 2.27. The summed E-state index contributed by atoms with van der Waals surface area (Å²) < 4.78 is 10.9. The predicted octanol–water partition coefficient (Wildman–Crippen LogP) is 6.30. The van der Waals surface area contributed by atoms with Gasteiger partial charge in [0, 0.05) is 29.4 Å². The average Bonchev–Trinajstić information content (AvgIpc) is 3.22. The summed E-state index contributed by atoms with van der Waals surface area (Å²) in [4.78, 5) is 31.2. The highest BCUT2D eigenvalue weighted by atomic mass is 32.1. The minimum absolute atomic E-state index is 0.0326. The van der Waals surface area contributed by atoms with Crippen LogP contribution in [0.3, 0.4) is 0 Å². The molecule has 1 fully saturated rings. The third-order valence-corrected chi connectivity index (χ3v) is 6.26. The SMILES string of the molecule is CC(C)(C)OC(=O)N1CCC(COC(=O)Nc2ccccc2-c2nc(C(C)(C)C)cs2)CC1. The lowest BCUT2D eigenvalue weighted by atomic mass is 9.93. The van der Waals surface area contributed by atoms with Crippen LogP contribution in [0.1, 0.15) is 60.1 Å². The lowest BCUT2D eigenvalue weighted by Gasteiger charge is -2.33. The van der Waals surface area contributed by atoms with Crippen LogP contribution in [0, 0.1) is 5.92 Å².